The van der Waals surface area contributed by atoms with Gasteiger partial charge in [-0.25, -0.2) is 0 Å². The third-order valence-electron chi connectivity index (χ3n) is 5.52. The fraction of sp³-hybridized carbons (Fsp3) is 0.882. The van der Waals surface area contributed by atoms with E-state index in [9.17, 15) is 0 Å². The molecule has 0 N–H and O–H groups in total. The maximum atomic E-state index is 5.90. The molecule has 1 aromatic rings. The van der Waals surface area contributed by atoms with E-state index in [4.69, 9.17) is 9.26 Å². The number of nitrogens with zero attached hydrogens (tertiary/aromatic N) is 5. The second-order valence-electron chi connectivity index (χ2n) is 7.53. The van der Waals surface area contributed by atoms with E-state index in [0.717, 1.165) is 64.1 Å². The van der Waals surface area contributed by atoms with E-state index in [1.165, 1.54) is 12.8 Å². The molecule has 134 valence electrons. The molecular weight excluding hydrogens is 306 g/mol. The van der Waals surface area contributed by atoms with Crippen LogP contribution in [0.25, 0.3) is 0 Å². The van der Waals surface area contributed by atoms with Gasteiger partial charge in [-0.2, -0.15) is 4.98 Å². The lowest BCUT2D eigenvalue weighted by molar-refractivity contribution is -0.0430. The van der Waals surface area contributed by atoms with Gasteiger partial charge < -0.3 is 14.2 Å². The zero-order valence-corrected chi connectivity index (χ0v) is 14.9. The summed E-state index contributed by atoms with van der Waals surface area (Å²) in [5, 5.41) is 4.15. The molecule has 3 heterocycles. The topological polar surface area (TPSA) is 57.9 Å². The van der Waals surface area contributed by atoms with Gasteiger partial charge in [-0.05, 0) is 26.8 Å². The van der Waals surface area contributed by atoms with E-state index in [1.807, 2.05) is 0 Å². The minimum atomic E-state index is 0.212. The lowest BCUT2D eigenvalue weighted by Gasteiger charge is -2.39. The molecule has 2 aliphatic heterocycles. The zero-order chi connectivity index (χ0) is 16.5. The van der Waals surface area contributed by atoms with Crippen LogP contribution in [0.2, 0.25) is 0 Å². The normalized spacial score (nSPS) is 29.0. The Hall–Kier alpha value is -1.02. The third kappa shape index (κ3) is 3.79. The van der Waals surface area contributed by atoms with E-state index in [2.05, 4.69) is 38.8 Å². The van der Waals surface area contributed by atoms with Gasteiger partial charge in [0, 0.05) is 51.7 Å². The standard InChI is InChI=1S/C17H29N5O2/c1-13(17-18-16(19-24-17)14-3-4-14)22-7-5-21(6-8-22)12-15-11-20(2)9-10-23-15/h13-15H,3-12H2,1-2H3. The summed E-state index contributed by atoms with van der Waals surface area (Å²) in [4.78, 5) is 11.9. The average Bonchev–Trinajstić information content (AvgIpc) is 3.32. The molecular formula is C17H29N5O2. The molecule has 2 atom stereocenters. The van der Waals surface area contributed by atoms with Crippen LogP contribution in [0.15, 0.2) is 4.52 Å². The fourth-order valence-electron chi connectivity index (χ4n) is 3.68. The molecule has 2 saturated heterocycles. The molecule has 0 aromatic carbocycles. The third-order valence-corrected chi connectivity index (χ3v) is 5.52. The van der Waals surface area contributed by atoms with E-state index in [1.54, 1.807) is 0 Å². The molecule has 7 heteroatoms. The largest absolute Gasteiger partial charge is 0.374 e. The Morgan fingerprint density at radius 2 is 1.96 bits per heavy atom. The highest BCUT2D eigenvalue weighted by Gasteiger charge is 2.32. The molecule has 3 aliphatic rings. The van der Waals surface area contributed by atoms with Crippen LogP contribution in [-0.4, -0.2) is 90.4 Å². The van der Waals surface area contributed by atoms with Crippen LogP contribution in [0.5, 0.6) is 0 Å². The van der Waals surface area contributed by atoms with Gasteiger partial charge in [-0.15, -0.1) is 0 Å². The average molecular weight is 335 g/mol. The molecule has 1 aromatic heterocycles. The molecule has 0 bridgehead atoms. The van der Waals surface area contributed by atoms with E-state index in [-0.39, 0.29) is 6.04 Å². The molecule has 0 radical (unpaired) electrons. The first-order valence-electron chi connectivity index (χ1n) is 9.29. The molecule has 1 aliphatic carbocycles. The first kappa shape index (κ1) is 16.4. The molecule has 3 fully saturated rings. The van der Waals surface area contributed by atoms with E-state index < -0.39 is 0 Å². The van der Waals surface area contributed by atoms with Crippen molar-refractivity contribution in [3.8, 4) is 0 Å². The zero-order valence-electron chi connectivity index (χ0n) is 14.9. The lowest BCUT2D eigenvalue weighted by Crippen LogP contribution is -2.52. The summed E-state index contributed by atoms with van der Waals surface area (Å²) < 4.78 is 11.4. The molecule has 4 rings (SSSR count). The lowest BCUT2D eigenvalue weighted by atomic mass is 10.2. The quantitative estimate of drug-likeness (QED) is 0.794. The Labute approximate surface area is 143 Å². The second kappa shape index (κ2) is 7.07. The van der Waals surface area contributed by atoms with Crippen LogP contribution in [0, 0.1) is 0 Å². The number of hydrogen-bond acceptors (Lipinski definition) is 7. The van der Waals surface area contributed by atoms with E-state index >= 15 is 0 Å². The van der Waals surface area contributed by atoms with Gasteiger partial charge in [0.15, 0.2) is 5.82 Å². The van der Waals surface area contributed by atoms with Crippen LogP contribution in [-0.2, 0) is 4.74 Å². The molecule has 0 spiro atoms. The van der Waals surface area contributed by atoms with Crippen LogP contribution in [0.4, 0.5) is 0 Å². The summed E-state index contributed by atoms with van der Waals surface area (Å²) >= 11 is 0. The molecule has 7 nitrogen and oxygen atoms in total. The molecule has 1 saturated carbocycles. The maximum Gasteiger partial charge on any atom is 0.243 e. The van der Waals surface area contributed by atoms with Crippen molar-refractivity contribution >= 4 is 0 Å². The van der Waals surface area contributed by atoms with Crippen molar-refractivity contribution in [1.82, 2.24) is 24.8 Å². The van der Waals surface area contributed by atoms with Gasteiger partial charge in [-0.3, -0.25) is 9.80 Å². The maximum absolute atomic E-state index is 5.90. The van der Waals surface area contributed by atoms with Crippen molar-refractivity contribution in [3.05, 3.63) is 11.7 Å². The highest BCUT2D eigenvalue weighted by atomic mass is 16.5. The fourth-order valence-corrected chi connectivity index (χ4v) is 3.68. The number of morpholine rings is 1. The van der Waals surface area contributed by atoms with Crippen LogP contribution in [0.1, 0.15) is 43.4 Å². The smallest absolute Gasteiger partial charge is 0.243 e. The first-order valence-corrected chi connectivity index (χ1v) is 9.29. The second-order valence-corrected chi connectivity index (χ2v) is 7.53. The Balaban J connectivity index is 1.25. The van der Waals surface area contributed by atoms with Crippen molar-refractivity contribution in [2.45, 2.75) is 37.8 Å². The van der Waals surface area contributed by atoms with Gasteiger partial charge in [0.2, 0.25) is 5.89 Å². The summed E-state index contributed by atoms with van der Waals surface area (Å²) in [6, 6.07) is 0.212. The molecule has 24 heavy (non-hydrogen) atoms. The van der Waals surface area contributed by atoms with Crippen LogP contribution in [0.3, 0.4) is 0 Å². The summed E-state index contributed by atoms with van der Waals surface area (Å²) in [5.74, 6) is 2.25. The predicted molar refractivity (Wildman–Crippen MR) is 89.9 cm³/mol. The number of likely N-dealkylation sites (N-methyl/N-ethyl adjacent to an activating group) is 1. The Bertz CT molecular complexity index is 539. The van der Waals surface area contributed by atoms with Gasteiger partial charge in [0.05, 0.1) is 18.8 Å². The summed E-state index contributed by atoms with van der Waals surface area (Å²) in [5.41, 5.74) is 0. The number of ether oxygens (including phenoxy) is 1. The summed E-state index contributed by atoms with van der Waals surface area (Å²) in [6.45, 7) is 10.4. The minimum Gasteiger partial charge on any atom is -0.374 e. The first-order chi connectivity index (χ1) is 11.7. The van der Waals surface area contributed by atoms with Crippen molar-refractivity contribution in [2.75, 3.05) is 59.5 Å². The summed E-state index contributed by atoms with van der Waals surface area (Å²) in [7, 11) is 2.18. The highest BCUT2D eigenvalue weighted by molar-refractivity contribution is 5.04. The minimum absolute atomic E-state index is 0.212. The predicted octanol–water partition coefficient (Wildman–Crippen LogP) is 0.956. The van der Waals surface area contributed by atoms with Gasteiger partial charge in [0.1, 0.15) is 0 Å². The number of hydrogen-bond donors (Lipinski definition) is 0. The molecule has 2 unspecified atom stereocenters. The molecule has 0 amide bonds. The van der Waals surface area contributed by atoms with Gasteiger partial charge in [0.25, 0.3) is 0 Å². The van der Waals surface area contributed by atoms with Crippen LogP contribution < -0.4 is 0 Å². The van der Waals surface area contributed by atoms with Crippen molar-refractivity contribution in [3.63, 3.8) is 0 Å². The summed E-state index contributed by atoms with van der Waals surface area (Å²) in [6.07, 6.45) is 2.78. The van der Waals surface area contributed by atoms with Crippen molar-refractivity contribution in [1.29, 1.82) is 0 Å². The number of piperazine rings is 1. The van der Waals surface area contributed by atoms with E-state index in [0.29, 0.717) is 12.0 Å². The monoisotopic (exact) mass is 335 g/mol. The van der Waals surface area contributed by atoms with Crippen molar-refractivity contribution < 1.29 is 9.26 Å². The number of aromatic nitrogens is 2. The Morgan fingerprint density at radius 3 is 2.67 bits per heavy atom. The van der Waals surface area contributed by atoms with Gasteiger partial charge >= 0.3 is 0 Å². The van der Waals surface area contributed by atoms with Crippen molar-refractivity contribution in [2.24, 2.45) is 0 Å². The SMILES string of the molecule is CC(c1nc(C2CC2)no1)N1CCN(CC2CN(C)CCO2)CC1. The Morgan fingerprint density at radius 1 is 1.17 bits per heavy atom. The van der Waals surface area contributed by atoms with Gasteiger partial charge in [-0.1, -0.05) is 5.16 Å². The Kier molecular flexibility index (Phi) is 4.85. The van der Waals surface area contributed by atoms with Crippen LogP contribution >= 0.6 is 0 Å². The number of rotatable bonds is 5. The highest BCUT2D eigenvalue weighted by Crippen LogP contribution is 2.38.